The largest absolute Gasteiger partial charge is 0.479 e. The van der Waals surface area contributed by atoms with Crippen LogP contribution in [-0.2, 0) is 5.54 Å². The topological polar surface area (TPSA) is 60.5 Å². The number of alkyl halides is 2. The van der Waals surface area contributed by atoms with Gasteiger partial charge < -0.3 is 10.5 Å². The van der Waals surface area contributed by atoms with Crippen molar-refractivity contribution >= 4 is 16.9 Å². The van der Waals surface area contributed by atoms with Crippen molar-refractivity contribution in [3.63, 3.8) is 0 Å². The first-order valence-corrected chi connectivity index (χ1v) is 10.7. The van der Waals surface area contributed by atoms with Gasteiger partial charge in [-0.05, 0) is 49.6 Å². The number of thioether (sulfide) groups is 1. The number of nitrogens with two attached hydrogens (primary N) is 1. The van der Waals surface area contributed by atoms with Crippen molar-refractivity contribution < 1.29 is 17.9 Å². The van der Waals surface area contributed by atoms with E-state index in [0.717, 1.165) is 11.8 Å². The van der Waals surface area contributed by atoms with Crippen molar-refractivity contribution in [3.8, 4) is 29.4 Å². The number of halogens is 3. The number of fused-ring (bicyclic) bond motifs is 1. The Morgan fingerprint density at radius 3 is 2.75 bits per heavy atom. The van der Waals surface area contributed by atoms with Crippen molar-refractivity contribution in [3.05, 3.63) is 59.2 Å². The Morgan fingerprint density at radius 2 is 2.06 bits per heavy atom. The Morgan fingerprint density at radius 1 is 1.22 bits per heavy atom. The van der Waals surface area contributed by atoms with Crippen LogP contribution in [0.2, 0.25) is 0 Å². The van der Waals surface area contributed by atoms with Crippen LogP contribution in [0.5, 0.6) is 5.75 Å². The van der Waals surface area contributed by atoms with Crippen LogP contribution in [0.25, 0.3) is 0 Å². The minimum Gasteiger partial charge on any atom is -0.479 e. The second kappa shape index (κ2) is 8.80. The van der Waals surface area contributed by atoms with Gasteiger partial charge in [0.15, 0.2) is 5.17 Å². The second-order valence-electron chi connectivity index (χ2n) is 7.60. The van der Waals surface area contributed by atoms with E-state index in [0.29, 0.717) is 23.4 Å². The van der Waals surface area contributed by atoms with Gasteiger partial charge in [0.1, 0.15) is 42.8 Å². The SMILES string of the molecule is CC#CCOc1ccc(C#Cc2ccc(F)c([C@@]3(CF)N=C(N)S[C@@]4(CF)C[C@H]43)c2)nc1. The van der Waals surface area contributed by atoms with Crippen molar-refractivity contribution in [1.29, 1.82) is 0 Å². The zero-order valence-electron chi connectivity index (χ0n) is 17.3. The predicted molar refractivity (Wildman–Crippen MR) is 119 cm³/mol. The van der Waals surface area contributed by atoms with E-state index in [1.807, 2.05) is 0 Å². The fourth-order valence-electron chi connectivity index (χ4n) is 3.93. The van der Waals surface area contributed by atoms with E-state index in [2.05, 4.69) is 33.7 Å². The number of benzene rings is 1. The molecule has 4 nitrogen and oxygen atoms in total. The number of rotatable bonds is 5. The molecule has 0 radical (unpaired) electrons. The molecule has 32 heavy (non-hydrogen) atoms. The maximum Gasteiger partial charge on any atom is 0.155 e. The lowest BCUT2D eigenvalue weighted by molar-refractivity contribution is 0.257. The molecule has 0 spiro atoms. The van der Waals surface area contributed by atoms with Gasteiger partial charge in [0, 0.05) is 17.0 Å². The molecule has 2 aromatic rings. The average molecular weight is 456 g/mol. The minimum atomic E-state index is -1.54. The monoisotopic (exact) mass is 455 g/mol. The fourth-order valence-corrected chi connectivity index (χ4v) is 5.20. The lowest BCUT2D eigenvalue weighted by Gasteiger charge is -2.34. The normalized spacial score (nSPS) is 25.4. The van der Waals surface area contributed by atoms with Gasteiger partial charge in [-0.1, -0.05) is 23.6 Å². The van der Waals surface area contributed by atoms with Crippen LogP contribution in [0.1, 0.15) is 30.2 Å². The molecule has 0 bridgehead atoms. The summed E-state index contributed by atoms with van der Waals surface area (Å²) in [6.45, 7) is 0.360. The summed E-state index contributed by atoms with van der Waals surface area (Å²) in [5.41, 5.74) is 5.34. The molecule has 1 aliphatic heterocycles. The van der Waals surface area contributed by atoms with Crippen molar-refractivity contribution in [1.82, 2.24) is 4.98 Å². The van der Waals surface area contributed by atoms with E-state index in [9.17, 15) is 13.2 Å². The molecule has 1 fully saturated rings. The minimum absolute atomic E-state index is 0.0455. The molecule has 0 unspecified atom stereocenters. The first-order valence-electron chi connectivity index (χ1n) is 9.93. The van der Waals surface area contributed by atoms with Crippen molar-refractivity contribution in [2.45, 2.75) is 23.6 Å². The summed E-state index contributed by atoms with van der Waals surface area (Å²) < 4.78 is 47.4. The highest BCUT2D eigenvalue weighted by Crippen LogP contribution is 2.66. The summed E-state index contributed by atoms with van der Waals surface area (Å²) >= 11 is 1.11. The number of hydrogen-bond acceptors (Lipinski definition) is 5. The summed E-state index contributed by atoms with van der Waals surface area (Å²) in [5.74, 6) is 10.8. The smallest absolute Gasteiger partial charge is 0.155 e. The summed E-state index contributed by atoms with van der Waals surface area (Å²) in [5, 5.41) is 0.0707. The molecule has 2 N–H and O–H groups in total. The molecule has 4 rings (SSSR count). The van der Waals surface area contributed by atoms with Crippen LogP contribution in [0.3, 0.4) is 0 Å². The first-order chi connectivity index (χ1) is 15.5. The third-order valence-corrected chi connectivity index (χ3v) is 6.91. The number of pyridine rings is 1. The Hall–Kier alpha value is -3.10. The van der Waals surface area contributed by atoms with E-state index in [4.69, 9.17) is 10.5 Å². The summed E-state index contributed by atoms with van der Waals surface area (Å²) in [6.07, 6.45) is 1.93. The van der Waals surface area contributed by atoms with Crippen LogP contribution in [-0.4, -0.2) is 34.9 Å². The molecule has 0 saturated heterocycles. The number of amidine groups is 1. The highest BCUT2D eigenvalue weighted by atomic mass is 32.2. The third kappa shape index (κ3) is 4.03. The summed E-state index contributed by atoms with van der Waals surface area (Å²) in [4.78, 5) is 8.49. The number of aliphatic imine (C=N–C) groups is 1. The van der Waals surface area contributed by atoms with Crippen LogP contribution in [0, 0.1) is 35.4 Å². The zero-order chi connectivity index (χ0) is 22.8. The van der Waals surface area contributed by atoms with E-state index in [-0.39, 0.29) is 17.3 Å². The van der Waals surface area contributed by atoms with Gasteiger partial charge in [0.2, 0.25) is 0 Å². The molecule has 2 heterocycles. The Balaban J connectivity index is 1.62. The second-order valence-corrected chi connectivity index (χ2v) is 9.04. The molecule has 0 amide bonds. The third-order valence-electron chi connectivity index (χ3n) is 5.64. The standard InChI is InChI=1S/C24H20F3N3OS/c1-2-3-10-31-18-8-7-17(29-13-18)6-4-16-5-9-20(27)19(11-16)24(15-26)21-12-23(21,14-25)32-22(28)30-24/h5,7-9,11,13,21H,10,12,14-15H2,1H3,(H2,28,30)/t21-,23-,24-/m1/s1. The molecular weight excluding hydrogens is 435 g/mol. The van der Waals surface area contributed by atoms with Gasteiger partial charge in [0.25, 0.3) is 0 Å². The molecular formula is C24H20F3N3OS. The van der Waals surface area contributed by atoms with Crippen molar-refractivity contribution in [2.75, 3.05) is 20.0 Å². The van der Waals surface area contributed by atoms with E-state index in [1.54, 1.807) is 19.1 Å². The summed E-state index contributed by atoms with van der Waals surface area (Å²) in [7, 11) is 0. The van der Waals surface area contributed by atoms with Gasteiger partial charge in [-0.25, -0.2) is 23.1 Å². The van der Waals surface area contributed by atoms with Gasteiger partial charge in [-0.2, -0.15) is 0 Å². The number of aromatic nitrogens is 1. The van der Waals surface area contributed by atoms with Gasteiger partial charge >= 0.3 is 0 Å². The Labute approximate surface area is 188 Å². The van der Waals surface area contributed by atoms with Crippen LogP contribution in [0.15, 0.2) is 41.5 Å². The Kier molecular flexibility index (Phi) is 6.08. The quantitative estimate of drug-likeness (QED) is 0.693. The molecule has 164 valence electrons. The maximum atomic E-state index is 14.8. The number of ether oxygens (including phenoxy) is 1. The van der Waals surface area contributed by atoms with E-state index < -0.39 is 35.4 Å². The van der Waals surface area contributed by atoms with E-state index >= 15 is 0 Å². The average Bonchev–Trinajstić information content (AvgIpc) is 3.54. The Bertz CT molecular complexity index is 1180. The van der Waals surface area contributed by atoms with Crippen LogP contribution >= 0.6 is 11.8 Å². The molecule has 1 aromatic heterocycles. The van der Waals surface area contributed by atoms with Crippen molar-refractivity contribution in [2.24, 2.45) is 16.6 Å². The maximum absolute atomic E-state index is 14.8. The predicted octanol–water partition coefficient (Wildman–Crippen LogP) is 3.98. The van der Waals surface area contributed by atoms with Crippen LogP contribution in [0.4, 0.5) is 13.2 Å². The number of nitrogens with zero attached hydrogens (tertiary/aromatic N) is 2. The summed E-state index contributed by atoms with van der Waals surface area (Å²) in [6, 6.07) is 7.61. The molecule has 1 saturated carbocycles. The highest BCUT2D eigenvalue weighted by Gasteiger charge is 2.68. The van der Waals surface area contributed by atoms with Gasteiger partial charge in [0.05, 0.1) is 10.9 Å². The molecule has 2 aliphatic rings. The molecule has 3 atom stereocenters. The highest BCUT2D eigenvalue weighted by molar-refractivity contribution is 8.15. The van der Waals surface area contributed by atoms with E-state index in [1.165, 1.54) is 24.4 Å². The number of hydrogen-bond donors (Lipinski definition) is 1. The lowest BCUT2D eigenvalue weighted by atomic mass is 9.84. The lowest BCUT2D eigenvalue weighted by Crippen LogP contribution is -2.40. The first kappa shape index (κ1) is 22.1. The molecule has 1 aromatic carbocycles. The molecule has 8 heteroatoms. The van der Waals surface area contributed by atoms with Crippen LogP contribution < -0.4 is 10.5 Å². The fraction of sp³-hybridized carbons (Fsp3) is 0.333. The van der Waals surface area contributed by atoms with Gasteiger partial charge in [-0.3, -0.25) is 0 Å². The molecule has 1 aliphatic carbocycles. The zero-order valence-corrected chi connectivity index (χ0v) is 18.1. The van der Waals surface area contributed by atoms with Gasteiger partial charge in [-0.15, -0.1) is 5.92 Å².